The number of carbonyl (C=O) groups excluding carboxylic acids is 1. The molecule has 3 atom stereocenters. The van der Waals surface area contributed by atoms with Gasteiger partial charge in [0, 0.05) is 17.4 Å². The Kier molecular flexibility index (Phi) is 3.80. The first-order valence-corrected chi connectivity index (χ1v) is 7.75. The number of carbonyl (C=O) groups is 1. The van der Waals surface area contributed by atoms with E-state index in [2.05, 4.69) is 43.6 Å². The second-order valence-electron chi connectivity index (χ2n) is 5.53. The molecule has 1 aliphatic carbocycles. The third-order valence-corrected chi connectivity index (χ3v) is 4.45. The number of nitrogens with one attached hydrogen (secondary N) is 1. The van der Waals surface area contributed by atoms with Gasteiger partial charge in [-0.25, -0.2) is 0 Å². The minimum absolute atomic E-state index is 0.0712. The molecule has 5 nitrogen and oxygen atoms in total. The molecule has 1 N–H and O–H groups in total. The normalized spacial score (nSPS) is 21.9. The van der Waals surface area contributed by atoms with Gasteiger partial charge in [0.05, 0.1) is 6.04 Å². The molecule has 0 aliphatic heterocycles. The van der Waals surface area contributed by atoms with Crippen LogP contribution in [0.2, 0.25) is 0 Å². The van der Waals surface area contributed by atoms with E-state index in [9.17, 15) is 4.79 Å². The maximum absolute atomic E-state index is 12.3. The molecule has 3 rings (SSSR count). The third kappa shape index (κ3) is 3.00. The number of hydrogen-bond donors (Lipinski definition) is 1. The van der Waals surface area contributed by atoms with Gasteiger partial charge in [0.1, 0.15) is 6.33 Å². The Labute approximate surface area is 131 Å². The van der Waals surface area contributed by atoms with Crippen LogP contribution in [0, 0.1) is 5.92 Å². The molecular formula is C15H17BrN4O. The predicted molar refractivity (Wildman–Crippen MR) is 82.6 cm³/mol. The molecule has 1 aromatic heterocycles. The van der Waals surface area contributed by atoms with Crippen LogP contribution >= 0.6 is 15.9 Å². The van der Waals surface area contributed by atoms with Crippen LogP contribution in [-0.2, 0) is 11.8 Å². The van der Waals surface area contributed by atoms with Gasteiger partial charge in [-0.1, -0.05) is 28.1 Å². The summed E-state index contributed by atoms with van der Waals surface area (Å²) in [6, 6.07) is 8.06. The number of hydrogen-bond acceptors (Lipinski definition) is 3. The van der Waals surface area contributed by atoms with Crippen molar-refractivity contribution >= 4 is 21.8 Å². The van der Waals surface area contributed by atoms with Crippen molar-refractivity contribution in [2.45, 2.75) is 25.3 Å². The average molecular weight is 349 g/mol. The van der Waals surface area contributed by atoms with Crippen LogP contribution in [0.3, 0.4) is 0 Å². The van der Waals surface area contributed by atoms with Crippen LogP contribution in [0.4, 0.5) is 0 Å². The zero-order valence-electron chi connectivity index (χ0n) is 12.0. The Bertz CT molecular complexity index is 652. The summed E-state index contributed by atoms with van der Waals surface area (Å²) >= 11 is 3.43. The number of benzene rings is 1. The molecule has 0 radical (unpaired) electrons. The molecule has 0 spiro atoms. The summed E-state index contributed by atoms with van der Waals surface area (Å²) in [6.07, 6.45) is 2.55. The lowest BCUT2D eigenvalue weighted by atomic mass is 10.1. The number of nitrogens with zero attached hydrogens (tertiary/aromatic N) is 3. The van der Waals surface area contributed by atoms with E-state index in [0.717, 1.165) is 16.7 Å². The Hall–Kier alpha value is -1.69. The van der Waals surface area contributed by atoms with Crippen molar-refractivity contribution in [3.05, 3.63) is 46.5 Å². The van der Waals surface area contributed by atoms with Gasteiger partial charge in [-0.15, -0.1) is 10.2 Å². The van der Waals surface area contributed by atoms with Gasteiger partial charge in [-0.05, 0) is 37.0 Å². The van der Waals surface area contributed by atoms with Gasteiger partial charge in [-0.3, -0.25) is 4.79 Å². The maximum atomic E-state index is 12.3. The van der Waals surface area contributed by atoms with Crippen LogP contribution in [-0.4, -0.2) is 20.7 Å². The Morgan fingerprint density at radius 3 is 2.76 bits per heavy atom. The minimum Gasteiger partial charge on any atom is -0.346 e. The van der Waals surface area contributed by atoms with E-state index >= 15 is 0 Å². The van der Waals surface area contributed by atoms with E-state index in [1.54, 1.807) is 6.33 Å². The van der Waals surface area contributed by atoms with E-state index in [4.69, 9.17) is 0 Å². The average Bonchev–Trinajstić information content (AvgIpc) is 3.14. The molecule has 1 heterocycles. The largest absolute Gasteiger partial charge is 0.346 e. The highest BCUT2D eigenvalue weighted by Crippen LogP contribution is 2.47. The third-order valence-electron chi connectivity index (χ3n) is 3.92. The van der Waals surface area contributed by atoms with Gasteiger partial charge in [0.25, 0.3) is 0 Å². The van der Waals surface area contributed by atoms with Crippen molar-refractivity contribution in [3.63, 3.8) is 0 Å². The maximum Gasteiger partial charge on any atom is 0.224 e. The topological polar surface area (TPSA) is 59.8 Å². The van der Waals surface area contributed by atoms with Crippen molar-refractivity contribution < 1.29 is 4.79 Å². The van der Waals surface area contributed by atoms with E-state index in [-0.39, 0.29) is 17.9 Å². The standard InChI is InChI=1S/C15H17BrN4O/c1-9(14-19-17-8-20(14)2)18-15(21)13-7-12(13)10-3-5-11(16)6-4-10/h3-6,8-9,12-13H,7H2,1-2H3,(H,18,21)/t9-,12-,13+/m0/s1. The molecule has 1 fully saturated rings. The zero-order valence-corrected chi connectivity index (χ0v) is 13.5. The number of rotatable bonds is 4. The summed E-state index contributed by atoms with van der Waals surface area (Å²) in [4.78, 5) is 12.3. The second-order valence-corrected chi connectivity index (χ2v) is 6.45. The first-order chi connectivity index (χ1) is 10.1. The van der Waals surface area contributed by atoms with E-state index in [1.165, 1.54) is 5.56 Å². The van der Waals surface area contributed by atoms with Crippen molar-refractivity contribution in [3.8, 4) is 0 Å². The van der Waals surface area contributed by atoms with E-state index in [0.29, 0.717) is 5.92 Å². The highest BCUT2D eigenvalue weighted by atomic mass is 79.9. The van der Waals surface area contributed by atoms with Gasteiger partial charge in [0.2, 0.25) is 5.91 Å². The van der Waals surface area contributed by atoms with Crippen LogP contribution in [0.15, 0.2) is 35.1 Å². The lowest BCUT2D eigenvalue weighted by Gasteiger charge is -2.12. The molecule has 1 aromatic carbocycles. The Balaban J connectivity index is 1.60. The monoisotopic (exact) mass is 348 g/mol. The molecule has 1 aliphatic rings. The summed E-state index contributed by atoms with van der Waals surface area (Å²) in [6.45, 7) is 1.93. The summed E-state index contributed by atoms with van der Waals surface area (Å²) in [5.74, 6) is 1.27. The lowest BCUT2D eigenvalue weighted by molar-refractivity contribution is -0.123. The molecule has 1 amide bonds. The van der Waals surface area contributed by atoms with Crippen LogP contribution in [0.5, 0.6) is 0 Å². The van der Waals surface area contributed by atoms with Crippen LogP contribution in [0.1, 0.15) is 36.7 Å². The van der Waals surface area contributed by atoms with E-state index in [1.807, 2.05) is 30.7 Å². The molecule has 2 aromatic rings. The van der Waals surface area contributed by atoms with Gasteiger partial charge in [0.15, 0.2) is 5.82 Å². The number of aromatic nitrogens is 3. The van der Waals surface area contributed by atoms with Crippen molar-refractivity contribution in [1.29, 1.82) is 0 Å². The zero-order chi connectivity index (χ0) is 15.0. The van der Waals surface area contributed by atoms with Gasteiger partial charge in [-0.2, -0.15) is 0 Å². The second kappa shape index (κ2) is 5.60. The fourth-order valence-corrected chi connectivity index (χ4v) is 2.90. The molecule has 1 saturated carbocycles. The van der Waals surface area contributed by atoms with Crippen LogP contribution < -0.4 is 5.32 Å². The SMILES string of the molecule is C[C@H](NC(=O)[C@@H]1C[C@H]1c1ccc(Br)cc1)c1nncn1C. The summed E-state index contributed by atoms with van der Waals surface area (Å²) in [7, 11) is 1.87. The summed E-state index contributed by atoms with van der Waals surface area (Å²) in [5.41, 5.74) is 1.23. The van der Waals surface area contributed by atoms with Crippen molar-refractivity contribution in [2.24, 2.45) is 13.0 Å². The highest BCUT2D eigenvalue weighted by molar-refractivity contribution is 9.10. The first-order valence-electron chi connectivity index (χ1n) is 6.96. The number of aryl methyl sites for hydroxylation is 1. The van der Waals surface area contributed by atoms with Crippen LogP contribution in [0.25, 0.3) is 0 Å². The molecule has 110 valence electrons. The molecule has 6 heteroatoms. The fraction of sp³-hybridized carbons (Fsp3) is 0.400. The van der Waals surface area contributed by atoms with E-state index < -0.39 is 0 Å². The Morgan fingerprint density at radius 1 is 1.43 bits per heavy atom. The molecule has 0 unspecified atom stereocenters. The molecular weight excluding hydrogens is 332 g/mol. The lowest BCUT2D eigenvalue weighted by Crippen LogP contribution is -2.30. The quantitative estimate of drug-likeness (QED) is 0.923. The first kappa shape index (κ1) is 14.3. The van der Waals surface area contributed by atoms with Crippen molar-refractivity contribution in [2.75, 3.05) is 0 Å². The number of halogens is 1. The summed E-state index contributed by atoms with van der Waals surface area (Å²) < 4.78 is 2.88. The number of amides is 1. The van der Waals surface area contributed by atoms with Gasteiger partial charge >= 0.3 is 0 Å². The summed E-state index contributed by atoms with van der Waals surface area (Å²) in [5, 5.41) is 10.9. The fourth-order valence-electron chi connectivity index (χ4n) is 2.63. The van der Waals surface area contributed by atoms with Gasteiger partial charge < -0.3 is 9.88 Å². The smallest absolute Gasteiger partial charge is 0.224 e. The predicted octanol–water partition coefficient (Wildman–Crippen LogP) is 2.56. The molecule has 21 heavy (non-hydrogen) atoms. The highest BCUT2D eigenvalue weighted by Gasteiger charge is 2.44. The molecule has 0 bridgehead atoms. The van der Waals surface area contributed by atoms with Crippen molar-refractivity contribution in [1.82, 2.24) is 20.1 Å². The molecule has 0 saturated heterocycles. The Morgan fingerprint density at radius 2 is 2.14 bits per heavy atom. The minimum atomic E-state index is -0.129.